The first-order valence-electron chi connectivity index (χ1n) is 11.6. The van der Waals surface area contributed by atoms with Gasteiger partial charge in [0.05, 0.1) is 11.2 Å². The smallest absolute Gasteiger partial charge is 0.255 e. The summed E-state index contributed by atoms with van der Waals surface area (Å²) in [4.78, 5) is 22.5. The highest BCUT2D eigenvalue weighted by molar-refractivity contribution is 6.05. The van der Waals surface area contributed by atoms with Gasteiger partial charge in [0.25, 0.3) is 5.91 Å². The van der Waals surface area contributed by atoms with Crippen LogP contribution in [0.25, 0.3) is 22.2 Å². The van der Waals surface area contributed by atoms with E-state index in [0.717, 1.165) is 50.2 Å². The molecule has 4 aromatic carbocycles. The third-order valence-electron chi connectivity index (χ3n) is 6.11. The number of hydrogen-bond acceptors (Lipinski definition) is 4. The minimum atomic E-state index is -0.134. The Morgan fingerprint density at radius 1 is 0.743 bits per heavy atom. The highest BCUT2D eigenvalue weighted by Crippen LogP contribution is 2.29. The lowest BCUT2D eigenvalue weighted by Gasteiger charge is -2.14. The molecule has 0 unspecified atom stereocenters. The number of carbonyl (C=O) groups is 1. The van der Waals surface area contributed by atoms with Crippen LogP contribution in [-0.2, 0) is 0 Å². The highest BCUT2D eigenvalue weighted by atomic mass is 16.1. The molecule has 5 heteroatoms. The number of amides is 1. The van der Waals surface area contributed by atoms with E-state index in [0.29, 0.717) is 11.5 Å². The van der Waals surface area contributed by atoms with Gasteiger partial charge in [0.2, 0.25) is 5.95 Å². The maximum absolute atomic E-state index is 12.9. The minimum absolute atomic E-state index is 0. The fourth-order valence-electron chi connectivity index (χ4n) is 4.21. The maximum atomic E-state index is 12.9. The zero-order valence-corrected chi connectivity index (χ0v) is 20.0. The molecule has 5 rings (SSSR count). The third kappa shape index (κ3) is 4.62. The molecule has 0 radical (unpaired) electrons. The normalized spacial score (nSPS) is 10.8. The van der Waals surface area contributed by atoms with Crippen molar-refractivity contribution in [2.75, 3.05) is 10.6 Å². The number of aromatic nitrogens is 2. The van der Waals surface area contributed by atoms with E-state index in [1.807, 2.05) is 112 Å². The molecule has 2 N–H and O–H groups in total. The summed E-state index contributed by atoms with van der Waals surface area (Å²) in [6, 6.07) is 29.7. The Morgan fingerprint density at radius 2 is 1.46 bits per heavy atom. The average molecular weight is 463 g/mol. The molecule has 1 amide bonds. The number of anilines is 3. The van der Waals surface area contributed by atoms with Crippen molar-refractivity contribution >= 4 is 34.1 Å². The molecular weight excluding hydrogens is 432 g/mol. The van der Waals surface area contributed by atoms with Gasteiger partial charge in [-0.05, 0) is 61.7 Å². The van der Waals surface area contributed by atoms with E-state index >= 15 is 0 Å². The molecule has 0 spiro atoms. The van der Waals surface area contributed by atoms with Crippen LogP contribution in [0.1, 0.15) is 29.9 Å². The molecule has 1 heterocycles. The molecule has 5 aromatic rings. The van der Waals surface area contributed by atoms with E-state index in [2.05, 4.69) is 10.6 Å². The number of rotatable bonds is 5. The van der Waals surface area contributed by atoms with Gasteiger partial charge in [-0.15, -0.1) is 0 Å². The summed E-state index contributed by atoms with van der Waals surface area (Å²) >= 11 is 0. The fraction of sp³-hybridized carbons (Fsp3) is 0.100. The van der Waals surface area contributed by atoms with E-state index in [9.17, 15) is 4.79 Å². The SMILES string of the molecule is Cc1cc(C(=O)Nc2c(C)cccc2C)ccc1Nc1nc(-c2ccccc2)c2ccccc2n1.[HH].[HH]. The topological polar surface area (TPSA) is 66.9 Å². The molecule has 1 aromatic heterocycles. The number of aryl methyl sites for hydroxylation is 3. The van der Waals surface area contributed by atoms with Crippen LogP contribution in [0.5, 0.6) is 0 Å². The van der Waals surface area contributed by atoms with Crippen LogP contribution in [0.3, 0.4) is 0 Å². The predicted molar refractivity (Wildman–Crippen MR) is 148 cm³/mol. The quantitative estimate of drug-likeness (QED) is 0.281. The van der Waals surface area contributed by atoms with Gasteiger partial charge in [-0.25, -0.2) is 9.97 Å². The van der Waals surface area contributed by atoms with Crippen molar-refractivity contribution in [3.05, 3.63) is 113 Å². The van der Waals surface area contributed by atoms with Crippen LogP contribution >= 0.6 is 0 Å². The maximum Gasteiger partial charge on any atom is 0.255 e. The summed E-state index contributed by atoms with van der Waals surface area (Å²) in [6.45, 7) is 5.96. The fourth-order valence-corrected chi connectivity index (χ4v) is 4.21. The lowest BCUT2D eigenvalue weighted by atomic mass is 10.1. The highest BCUT2D eigenvalue weighted by Gasteiger charge is 2.13. The Kier molecular flexibility index (Phi) is 5.98. The predicted octanol–water partition coefficient (Wildman–Crippen LogP) is 7.71. The van der Waals surface area contributed by atoms with Crippen molar-refractivity contribution in [3.8, 4) is 11.3 Å². The van der Waals surface area contributed by atoms with Crippen molar-refractivity contribution in [1.29, 1.82) is 0 Å². The molecule has 0 atom stereocenters. The second-order valence-electron chi connectivity index (χ2n) is 8.65. The summed E-state index contributed by atoms with van der Waals surface area (Å²) < 4.78 is 0. The van der Waals surface area contributed by atoms with Crippen LogP contribution in [0, 0.1) is 20.8 Å². The minimum Gasteiger partial charge on any atom is -0.324 e. The number of para-hydroxylation sites is 2. The molecule has 0 fully saturated rings. The van der Waals surface area contributed by atoms with Gasteiger partial charge in [-0.3, -0.25) is 4.79 Å². The molecule has 0 aliphatic carbocycles. The molecule has 176 valence electrons. The van der Waals surface area contributed by atoms with Gasteiger partial charge >= 0.3 is 0 Å². The molecule has 35 heavy (non-hydrogen) atoms. The summed E-state index contributed by atoms with van der Waals surface area (Å²) in [6.07, 6.45) is 0. The largest absolute Gasteiger partial charge is 0.324 e. The van der Waals surface area contributed by atoms with Crippen LogP contribution in [0.4, 0.5) is 17.3 Å². The molecule has 0 saturated carbocycles. The molecule has 0 saturated heterocycles. The van der Waals surface area contributed by atoms with Gasteiger partial charge in [-0.1, -0.05) is 66.7 Å². The third-order valence-corrected chi connectivity index (χ3v) is 6.11. The second-order valence-corrected chi connectivity index (χ2v) is 8.65. The zero-order chi connectivity index (χ0) is 24.4. The first-order valence-corrected chi connectivity index (χ1v) is 11.6. The van der Waals surface area contributed by atoms with Crippen molar-refractivity contribution in [3.63, 3.8) is 0 Å². The van der Waals surface area contributed by atoms with E-state index in [4.69, 9.17) is 9.97 Å². The van der Waals surface area contributed by atoms with Gasteiger partial charge in [0.15, 0.2) is 0 Å². The lowest BCUT2D eigenvalue weighted by Crippen LogP contribution is -2.14. The zero-order valence-electron chi connectivity index (χ0n) is 20.0. The van der Waals surface area contributed by atoms with Gasteiger partial charge in [0.1, 0.15) is 0 Å². The van der Waals surface area contributed by atoms with E-state index in [1.165, 1.54) is 0 Å². The van der Waals surface area contributed by atoms with Gasteiger partial charge < -0.3 is 10.6 Å². The molecule has 0 aliphatic heterocycles. The van der Waals surface area contributed by atoms with Crippen LogP contribution in [-0.4, -0.2) is 15.9 Å². The first-order chi connectivity index (χ1) is 17.0. The average Bonchev–Trinajstić information content (AvgIpc) is 2.87. The molecule has 0 bridgehead atoms. The Labute approximate surface area is 207 Å². The monoisotopic (exact) mass is 462 g/mol. The second kappa shape index (κ2) is 9.39. The van der Waals surface area contributed by atoms with Crippen LogP contribution < -0.4 is 10.6 Å². The summed E-state index contributed by atoms with van der Waals surface area (Å²) in [5, 5.41) is 7.41. The molecule has 5 nitrogen and oxygen atoms in total. The van der Waals surface area contributed by atoms with Gasteiger partial charge in [-0.2, -0.15) is 0 Å². The summed E-state index contributed by atoms with van der Waals surface area (Å²) in [5.74, 6) is 0.378. The number of fused-ring (bicyclic) bond motifs is 1. The molecular formula is C30H30N4O. The molecule has 0 aliphatic rings. The lowest BCUT2D eigenvalue weighted by molar-refractivity contribution is 0.102. The van der Waals surface area contributed by atoms with Crippen LogP contribution in [0.2, 0.25) is 0 Å². The Balaban J connectivity index is 0.00000190. The Bertz CT molecular complexity index is 1530. The Morgan fingerprint density at radius 3 is 2.20 bits per heavy atom. The van der Waals surface area contributed by atoms with Crippen molar-refractivity contribution in [2.45, 2.75) is 20.8 Å². The number of benzene rings is 4. The number of carbonyl (C=O) groups excluding carboxylic acids is 1. The summed E-state index contributed by atoms with van der Waals surface area (Å²) in [7, 11) is 0. The Hall–Kier alpha value is -4.51. The van der Waals surface area contributed by atoms with E-state index in [-0.39, 0.29) is 8.76 Å². The first kappa shape index (κ1) is 22.3. The number of nitrogens with one attached hydrogen (secondary N) is 2. The van der Waals surface area contributed by atoms with E-state index in [1.54, 1.807) is 0 Å². The van der Waals surface area contributed by atoms with E-state index < -0.39 is 0 Å². The van der Waals surface area contributed by atoms with Gasteiger partial charge in [0, 0.05) is 30.7 Å². The standard InChI is InChI=1S/C30H26N4O.2H2/c1-19-10-9-11-20(2)27(19)33-29(35)23-16-17-25(21(3)18-23)31-30-32-26-15-8-7-14-24(26)28(34-30)22-12-5-4-6-13-22;;/h4-18H,1-3H3,(H,33,35)(H,31,32,34);2*1H. The van der Waals surface area contributed by atoms with Crippen molar-refractivity contribution in [2.24, 2.45) is 0 Å². The summed E-state index contributed by atoms with van der Waals surface area (Å²) in [5.41, 5.74) is 8.08. The van der Waals surface area contributed by atoms with Crippen LogP contribution in [0.15, 0.2) is 91.0 Å². The van der Waals surface area contributed by atoms with Crippen molar-refractivity contribution in [1.82, 2.24) is 9.97 Å². The number of hydrogen-bond donors (Lipinski definition) is 2. The van der Waals surface area contributed by atoms with Crippen molar-refractivity contribution < 1.29 is 7.65 Å². The number of nitrogens with zero attached hydrogens (tertiary/aromatic N) is 2.